The Morgan fingerprint density at radius 2 is 1.80 bits per heavy atom. The molecule has 0 aliphatic carbocycles. The van der Waals surface area contributed by atoms with Gasteiger partial charge in [0, 0.05) is 0 Å². The standard InChI is InChI=1S/C13H14O2/c1-3-5-11-15-13-8-6-12(7-9-13)14-10-4-2/h2-3,6-9H,1,5,10-11H2. The van der Waals surface area contributed by atoms with Gasteiger partial charge in [-0.25, -0.2) is 0 Å². The van der Waals surface area contributed by atoms with E-state index in [4.69, 9.17) is 15.9 Å². The van der Waals surface area contributed by atoms with Gasteiger partial charge in [-0.05, 0) is 30.7 Å². The third-order valence-electron chi connectivity index (χ3n) is 1.74. The van der Waals surface area contributed by atoms with Crippen molar-refractivity contribution >= 4 is 0 Å². The maximum Gasteiger partial charge on any atom is 0.148 e. The molecule has 0 aliphatic heterocycles. The van der Waals surface area contributed by atoms with Crippen molar-refractivity contribution in [1.29, 1.82) is 0 Å². The van der Waals surface area contributed by atoms with Crippen LogP contribution in [0.25, 0.3) is 0 Å². The molecule has 0 unspecified atom stereocenters. The molecule has 0 amide bonds. The second kappa shape index (κ2) is 6.56. The van der Waals surface area contributed by atoms with E-state index in [1.54, 1.807) is 0 Å². The third kappa shape index (κ3) is 4.24. The highest BCUT2D eigenvalue weighted by Gasteiger charge is 1.94. The Morgan fingerprint density at radius 1 is 1.20 bits per heavy atom. The monoisotopic (exact) mass is 202 g/mol. The summed E-state index contributed by atoms with van der Waals surface area (Å²) in [5.41, 5.74) is 0. The van der Waals surface area contributed by atoms with Crippen LogP contribution >= 0.6 is 0 Å². The summed E-state index contributed by atoms with van der Waals surface area (Å²) in [6, 6.07) is 7.38. The SMILES string of the molecule is C#CCOc1ccc(OCCC=C)cc1. The molecule has 0 atom stereocenters. The molecule has 0 heterocycles. The van der Waals surface area contributed by atoms with Gasteiger partial charge < -0.3 is 9.47 Å². The number of hydrogen-bond acceptors (Lipinski definition) is 2. The first-order valence-electron chi connectivity index (χ1n) is 4.77. The minimum atomic E-state index is 0.288. The van der Waals surface area contributed by atoms with E-state index in [1.807, 2.05) is 30.3 Å². The molecule has 1 aromatic rings. The van der Waals surface area contributed by atoms with Gasteiger partial charge in [0.15, 0.2) is 0 Å². The van der Waals surface area contributed by atoms with Crippen molar-refractivity contribution in [2.24, 2.45) is 0 Å². The van der Waals surface area contributed by atoms with E-state index in [-0.39, 0.29) is 6.61 Å². The molecule has 1 rings (SSSR count). The van der Waals surface area contributed by atoms with Gasteiger partial charge >= 0.3 is 0 Å². The van der Waals surface area contributed by atoms with Crippen LogP contribution in [0.1, 0.15) is 6.42 Å². The maximum atomic E-state index is 5.44. The van der Waals surface area contributed by atoms with Crippen LogP contribution in [0.15, 0.2) is 36.9 Å². The van der Waals surface area contributed by atoms with E-state index in [1.165, 1.54) is 0 Å². The van der Waals surface area contributed by atoms with Crippen LogP contribution in [0.3, 0.4) is 0 Å². The van der Waals surface area contributed by atoms with E-state index in [9.17, 15) is 0 Å². The van der Waals surface area contributed by atoms with Gasteiger partial charge in [-0.15, -0.1) is 13.0 Å². The molecule has 0 bridgehead atoms. The predicted octanol–water partition coefficient (Wildman–Crippen LogP) is 2.65. The molecule has 2 nitrogen and oxygen atoms in total. The van der Waals surface area contributed by atoms with Crippen molar-refractivity contribution in [3.05, 3.63) is 36.9 Å². The summed E-state index contributed by atoms with van der Waals surface area (Å²) < 4.78 is 10.7. The minimum absolute atomic E-state index is 0.288. The minimum Gasteiger partial charge on any atom is -0.493 e. The van der Waals surface area contributed by atoms with E-state index in [0.717, 1.165) is 17.9 Å². The Labute approximate surface area is 90.5 Å². The largest absolute Gasteiger partial charge is 0.493 e. The molecular formula is C13H14O2. The van der Waals surface area contributed by atoms with Crippen LogP contribution in [-0.4, -0.2) is 13.2 Å². The summed E-state index contributed by atoms with van der Waals surface area (Å²) in [4.78, 5) is 0. The van der Waals surface area contributed by atoms with Crippen molar-refractivity contribution in [2.75, 3.05) is 13.2 Å². The number of rotatable bonds is 6. The zero-order valence-electron chi connectivity index (χ0n) is 8.61. The highest BCUT2D eigenvalue weighted by molar-refractivity contribution is 5.31. The van der Waals surface area contributed by atoms with Crippen molar-refractivity contribution in [1.82, 2.24) is 0 Å². The van der Waals surface area contributed by atoms with Crippen molar-refractivity contribution < 1.29 is 9.47 Å². The fourth-order valence-corrected chi connectivity index (χ4v) is 1.02. The molecule has 1 aromatic carbocycles. The van der Waals surface area contributed by atoms with Crippen molar-refractivity contribution in [3.63, 3.8) is 0 Å². The summed E-state index contributed by atoms with van der Waals surface area (Å²) in [5.74, 6) is 3.99. The zero-order chi connectivity index (χ0) is 10.9. The molecule has 0 saturated heterocycles. The topological polar surface area (TPSA) is 18.5 Å². The van der Waals surface area contributed by atoms with Crippen LogP contribution in [0, 0.1) is 12.3 Å². The molecule has 0 fully saturated rings. The second-order valence-electron chi connectivity index (χ2n) is 2.89. The molecule has 0 N–H and O–H groups in total. The molecule has 15 heavy (non-hydrogen) atoms. The third-order valence-corrected chi connectivity index (χ3v) is 1.74. The van der Waals surface area contributed by atoms with E-state index >= 15 is 0 Å². The van der Waals surface area contributed by atoms with Crippen LogP contribution in [-0.2, 0) is 0 Å². The highest BCUT2D eigenvalue weighted by Crippen LogP contribution is 2.17. The lowest BCUT2D eigenvalue weighted by Crippen LogP contribution is -1.96. The molecular weight excluding hydrogens is 188 g/mol. The first-order chi connectivity index (χ1) is 7.36. The van der Waals surface area contributed by atoms with Crippen molar-refractivity contribution in [3.8, 4) is 23.8 Å². The van der Waals surface area contributed by atoms with Gasteiger partial charge in [0.2, 0.25) is 0 Å². The summed E-state index contributed by atoms with van der Waals surface area (Å²) in [6.45, 7) is 4.56. The van der Waals surface area contributed by atoms with E-state index in [0.29, 0.717) is 6.61 Å². The van der Waals surface area contributed by atoms with Crippen LogP contribution in [0.2, 0.25) is 0 Å². The molecule has 2 heteroatoms. The number of hydrogen-bond donors (Lipinski definition) is 0. The lowest BCUT2D eigenvalue weighted by atomic mass is 10.3. The van der Waals surface area contributed by atoms with E-state index < -0.39 is 0 Å². The quantitative estimate of drug-likeness (QED) is 0.401. The molecule has 0 radical (unpaired) electrons. The van der Waals surface area contributed by atoms with Crippen LogP contribution in [0.4, 0.5) is 0 Å². The lowest BCUT2D eigenvalue weighted by Gasteiger charge is -2.06. The van der Waals surface area contributed by atoms with Gasteiger partial charge in [-0.3, -0.25) is 0 Å². The molecule has 0 saturated carbocycles. The molecule has 78 valence electrons. The van der Waals surface area contributed by atoms with Gasteiger partial charge in [0.05, 0.1) is 6.61 Å². The fraction of sp³-hybridized carbons (Fsp3) is 0.231. The normalized spacial score (nSPS) is 9.00. The summed E-state index contributed by atoms with van der Waals surface area (Å²) in [5, 5.41) is 0. The van der Waals surface area contributed by atoms with Gasteiger partial charge in [0.25, 0.3) is 0 Å². The Bertz CT molecular complexity index is 333. The number of benzene rings is 1. The van der Waals surface area contributed by atoms with Gasteiger partial charge in [0.1, 0.15) is 18.1 Å². The highest BCUT2D eigenvalue weighted by atomic mass is 16.5. The summed E-state index contributed by atoms with van der Waals surface area (Å²) in [7, 11) is 0. The molecule has 0 spiro atoms. The predicted molar refractivity (Wildman–Crippen MR) is 61.1 cm³/mol. The molecule has 0 aromatic heterocycles. The van der Waals surface area contributed by atoms with Crippen LogP contribution in [0.5, 0.6) is 11.5 Å². The maximum absolute atomic E-state index is 5.44. The Morgan fingerprint density at radius 3 is 2.33 bits per heavy atom. The summed E-state index contributed by atoms with van der Waals surface area (Å²) >= 11 is 0. The van der Waals surface area contributed by atoms with Crippen molar-refractivity contribution in [2.45, 2.75) is 6.42 Å². The van der Waals surface area contributed by atoms with Gasteiger partial charge in [-0.1, -0.05) is 12.0 Å². The first kappa shape index (κ1) is 11.2. The van der Waals surface area contributed by atoms with E-state index in [2.05, 4.69) is 12.5 Å². The smallest absolute Gasteiger partial charge is 0.148 e. The Balaban J connectivity index is 2.42. The fourth-order valence-electron chi connectivity index (χ4n) is 1.02. The van der Waals surface area contributed by atoms with Gasteiger partial charge in [-0.2, -0.15) is 0 Å². The summed E-state index contributed by atoms with van der Waals surface area (Å²) in [6.07, 6.45) is 7.74. The first-order valence-corrected chi connectivity index (χ1v) is 4.77. The van der Waals surface area contributed by atoms with Crippen LogP contribution < -0.4 is 9.47 Å². The number of terminal acetylenes is 1. The second-order valence-corrected chi connectivity index (χ2v) is 2.89. The average molecular weight is 202 g/mol. The lowest BCUT2D eigenvalue weighted by molar-refractivity contribution is 0.323. The Kier molecular flexibility index (Phi) is 4.89. The zero-order valence-corrected chi connectivity index (χ0v) is 8.61. The molecule has 0 aliphatic rings. The average Bonchev–Trinajstić information content (AvgIpc) is 2.28. The Hall–Kier alpha value is -1.88. The number of ether oxygens (including phenoxy) is 2.